The number of hydrogen-bond donors (Lipinski definition) is 3. The number of amides is 1. The Morgan fingerprint density at radius 2 is 2.07 bits per heavy atom. The van der Waals surface area contributed by atoms with Gasteiger partial charge in [0.15, 0.2) is 0 Å². The van der Waals surface area contributed by atoms with Crippen molar-refractivity contribution in [3.05, 3.63) is 0 Å². The Morgan fingerprint density at radius 3 is 2.43 bits per heavy atom. The molecular weight excluding hydrogens is 184 g/mol. The number of carboxylic acid groups (broad SMARTS) is 1. The van der Waals surface area contributed by atoms with Gasteiger partial charge in [-0.2, -0.15) is 0 Å². The minimum atomic E-state index is -1.01. The normalized spacial score (nSPS) is 14.5. The number of carbonyl (C=O) groups is 2. The van der Waals surface area contributed by atoms with Gasteiger partial charge in [-0.25, -0.2) is 4.79 Å². The number of nitrogens with two attached hydrogens (primary N) is 1. The second-order valence-corrected chi connectivity index (χ2v) is 3.33. The van der Waals surface area contributed by atoms with Crippen molar-refractivity contribution in [3.63, 3.8) is 0 Å². The first-order valence-corrected chi connectivity index (χ1v) is 4.77. The summed E-state index contributed by atoms with van der Waals surface area (Å²) in [4.78, 5) is 21.8. The van der Waals surface area contributed by atoms with Crippen molar-refractivity contribution in [1.29, 1.82) is 0 Å². The molecule has 0 aliphatic rings. The van der Waals surface area contributed by atoms with Crippen LogP contribution in [-0.2, 0) is 9.59 Å². The molecule has 82 valence electrons. The summed E-state index contributed by atoms with van der Waals surface area (Å²) in [5, 5.41) is 11.2. The second kappa shape index (κ2) is 6.37. The molecule has 0 saturated carbocycles. The van der Waals surface area contributed by atoms with Crippen LogP contribution in [0, 0.1) is 0 Å². The quantitative estimate of drug-likeness (QED) is 0.569. The molecule has 5 heteroatoms. The molecule has 0 radical (unpaired) electrons. The lowest BCUT2D eigenvalue weighted by molar-refractivity contribution is -0.142. The van der Waals surface area contributed by atoms with Gasteiger partial charge in [-0.3, -0.25) is 4.79 Å². The Bertz CT molecular complexity index is 204. The van der Waals surface area contributed by atoms with Gasteiger partial charge in [0.25, 0.3) is 0 Å². The lowest BCUT2D eigenvalue weighted by atomic mass is 10.1. The van der Waals surface area contributed by atoms with Crippen LogP contribution in [0.2, 0.25) is 0 Å². The molecule has 0 aromatic carbocycles. The highest BCUT2D eigenvalue weighted by Gasteiger charge is 2.20. The van der Waals surface area contributed by atoms with Crippen LogP contribution in [0.3, 0.4) is 0 Å². The SMILES string of the molecule is CCCCC(NC(=O)[C@@H](C)N)C(=O)O. The number of rotatable bonds is 6. The van der Waals surface area contributed by atoms with E-state index in [4.69, 9.17) is 10.8 Å². The summed E-state index contributed by atoms with van der Waals surface area (Å²) in [6.45, 7) is 3.49. The Labute approximate surface area is 83.7 Å². The third-order valence-corrected chi connectivity index (χ3v) is 1.87. The molecule has 0 saturated heterocycles. The summed E-state index contributed by atoms with van der Waals surface area (Å²) in [6, 6.07) is -1.48. The fourth-order valence-corrected chi connectivity index (χ4v) is 0.969. The van der Waals surface area contributed by atoms with E-state index in [0.29, 0.717) is 6.42 Å². The summed E-state index contributed by atoms with van der Waals surface area (Å²) in [7, 11) is 0. The zero-order valence-electron chi connectivity index (χ0n) is 8.62. The standard InChI is InChI=1S/C9H18N2O3/c1-3-4-5-7(9(13)14)11-8(12)6(2)10/h6-7H,3-5,10H2,1-2H3,(H,11,12)(H,13,14)/t6-,7?/m1/s1. The lowest BCUT2D eigenvalue weighted by Gasteiger charge is -2.15. The first kappa shape index (κ1) is 12.9. The highest BCUT2D eigenvalue weighted by Crippen LogP contribution is 2.00. The maximum Gasteiger partial charge on any atom is 0.326 e. The van der Waals surface area contributed by atoms with E-state index in [1.807, 2.05) is 6.92 Å². The van der Waals surface area contributed by atoms with Gasteiger partial charge in [0.1, 0.15) is 6.04 Å². The van der Waals surface area contributed by atoms with E-state index >= 15 is 0 Å². The van der Waals surface area contributed by atoms with Crippen molar-refractivity contribution in [2.75, 3.05) is 0 Å². The fourth-order valence-electron chi connectivity index (χ4n) is 0.969. The molecule has 0 aromatic heterocycles. The zero-order valence-corrected chi connectivity index (χ0v) is 8.62. The van der Waals surface area contributed by atoms with Crippen molar-refractivity contribution < 1.29 is 14.7 Å². The summed E-state index contributed by atoms with van der Waals surface area (Å²) in [5.41, 5.74) is 5.31. The molecule has 0 spiro atoms. The average molecular weight is 202 g/mol. The molecule has 5 nitrogen and oxygen atoms in total. The van der Waals surface area contributed by atoms with Crippen LogP contribution in [-0.4, -0.2) is 29.1 Å². The summed E-state index contributed by atoms with van der Waals surface area (Å²) in [6.07, 6.45) is 2.12. The van der Waals surface area contributed by atoms with Gasteiger partial charge < -0.3 is 16.2 Å². The van der Waals surface area contributed by atoms with Crippen LogP contribution < -0.4 is 11.1 Å². The largest absolute Gasteiger partial charge is 0.480 e. The smallest absolute Gasteiger partial charge is 0.326 e. The van der Waals surface area contributed by atoms with Gasteiger partial charge in [-0.1, -0.05) is 19.8 Å². The molecule has 0 rings (SSSR count). The van der Waals surface area contributed by atoms with Gasteiger partial charge in [-0.15, -0.1) is 0 Å². The summed E-state index contributed by atoms with van der Waals surface area (Å²) < 4.78 is 0. The Morgan fingerprint density at radius 1 is 1.50 bits per heavy atom. The van der Waals surface area contributed by atoms with Gasteiger partial charge in [0, 0.05) is 0 Å². The molecule has 1 amide bonds. The molecule has 0 fully saturated rings. The molecule has 0 heterocycles. The highest BCUT2D eigenvalue weighted by atomic mass is 16.4. The van der Waals surface area contributed by atoms with Gasteiger partial charge >= 0.3 is 5.97 Å². The minimum absolute atomic E-state index is 0.423. The fraction of sp³-hybridized carbons (Fsp3) is 0.778. The summed E-state index contributed by atoms with van der Waals surface area (Å²) >= 11 is 0. The Balaban J connectivity index is 4.09. The molecule has 0 aliphatic heterocycles. The molecule has 0 aromatic rings. The van der Waals surface area contributed by atoms with Crippen molar-refractivity contribution >= 4 is 11.9 Å². The summed E-state index contributed by atoms with van der Waals surface area (Å²) in [5.74, 6) is -1.43. The molecule has 1 unspecified atom stereocenters. The maximum absolute atomic E-state index is 11.1. The van der Waals surface area contributed by atoms with E-state index in [9.17, 15) is 9.59 Å². The van der Waals surface area contributed by atoms with E-state index in [1.54, 1.807) is 0 Å². The van der Waals surface area contributed by atoms with E-state index in [0.717, 1.165) is 12.8 Å². The van der Waals surface area contributed by atoms with Crippen molar-refractivity contribution in [2.24, 2.45) is 5.73 Å². The van der Waals surface area contributed by atoms with Crippen LogP contribution >= 0.6 is 0 Å². The van der Waals surface area contributed by atoms with Crippen molar-refractivity contribution in [1.82, 2.24) is 5.32 Å². The molecule has 0 bridgehead atoms. The van der Waals surface area contributed by atoms with Crippen LogP contribution in [0.1, 0.15) is 33.1 Å². The van der Waals surface area contributed by atoms with Gasteiger partial charge in [-0.05, 0) is 13.3 Å². The van der Waals surface area contributed by atoms with Crippen LogP contribution in [0.4, 0.5) is 0 Å². The number of aliphatic carboxylic acids is 1. The Hall–Kier alpha value is -1.10. The lowest BCUT2D eigenvalue weighted by Crippen LogP contribution is -2.47. The number of hydrogen-bond acceptors (Lipinski definition) is 3. The number of carbonyl (C=O) groups excluding carboxylic acids is 1. The third kappa shape index (κ3) is 4.81. The molecule has 2 atom stereocenters. The average Bonchev–Trinajstić information content (AvgIpc) is 2.10. The van der Waals surface area contributed by atoms with Crippen molar-refractivity contribution in [3.8, 4) is 0 Å². The first-order chi connectivity index (χ1) is 6.49. The number of unbranched alkanes of at least 4 members (excludes halogenated alkanes) is 1. The molecular formula is C9H18N2O3. The van der Waals surface area contributed by atoms with Gasteiger partial charge in [0.2, 0.25) is 5.91 Å². The predicted molar refractivity (Wildman–Crippen MR) is 52.7 cm³/mol. The van der Waals surface area contributed by atoms with Gasteiger partial charge in [0.05, 0.1) is 6.04 Å². The van der Waals surface area contributed by atoms with Crippen LogP contribution in [0.5, 0.6) is 0 Å². The van der Waals surface area contributed by atoms with E-state index < -0.39 is 24.0 Å². The van der Waals surface area contributed by atoms with Crippen LogP contribution in [0.15, 0.2) is 0 Å². The predicted octanol–water partition coefficient (Wildman–Crippen LogP) is 0.0932. The van der Waals surface area contributed by atoms with E-state index in [2.05, 4.69) is 5.32 Å². The highest BCUT2D eigenvalue weighted by molar-refractivity contribution is 5.86. The minimum Gasteiger partial charge on any atom is -0.480 e. The number of carboxylic acids is 1. The van der Waals surface area contributed by atoms with E-state index in [-0.39, 0.29) is 0 Å². The molecule has 14 heavy (non-hydrogen) atoms. The second-order valence-electron chi connectivity index (χ2n) is 3.33. The monoisotopic (exact) mass is 202 g/mol. The molecule has 0 aliphatic carbocycles. The number of nitrogens with one attached hydrogen (secondary N) is 1. The third-order valence-electron chi connectivity index (χ3n) is 1.87. The van der Waals surface area contributed by atoms with Crippen LogP contribution in [0.25, 0.3) is 0 Å². The topological polar surface area (TPSA) is 92.4 Å². The zero-order chi connectivity index (χ0) is 11.1. The first-order valence-electron chi connectivity index (χ1n) is 4.77. The maximum atomic E-state index is 11.1. The molecule has 4 N–H and O–H groups in total. The van der Waals surface area contributed by atoms with E-state index in [1.165, 1.54) is 6.92 Å². The van der Waals surface area contributed by atoms with Crippen molar-refractivity contribution in [2.45, 2.75) is 45.2 Å². The Kier molecular flexibility index (Phi) is 5.87.